The first kappa shape index (κ1) is 13.8. The number of carbonyl (C=O) groups is 1. The van der Waals surface area contributed by atoms with Gasteiger partial charge in [0, 0.05) is 0 Å². The fourth-order valence-corrected chi connectivity index (χ4v) is 1.88. The highest BCUT2D eigenvalue weighted by Crippen LogP contribution is 2.11. The summed E-state index contributed by atoms with van der Waals surface area (Å²) in [6, 6.07) is 2.81. The predicted octanol–water partition coefficient (Wildman–Crippen LogP) is 1.14. The fraction of sp³-hybridized carbons (Fsp3) is 0.100. The average Bonchev–Trinajstić information content (AvgIpc) is 2.99. The van der Waals surface area contributed by atoms with Crippen LogP contribution in [-0.4, -0.2) is 26.8 Å². The monoisotopic (exact) mass is 297 g/mol. The van der Waals surface area contributed by atoms with E-state index in [0.717, 1.165) is 28.4 Å². The van der Waals surface area contributed by atoms with Crippen molar-refractivity contribution in [2.75, 3.05) is 0 Å². The van der Waals surface area contributed by atoms with Gasteiger partial charge < -0.3 is 0 Å². The van der Waals surface area contributed by atoms with Gasteiger partial charge in [-0.25, -0.2) is 5.43 Å². The number of thiophene rings is 1. The molecule has 0 aliphatic carbocycles. The standard InChI is InChI=1S/C10H8FN5O3S/c11-9-2-1-8(20-9)4-12-14-10(17)6-15-5-7(3-13-15)16(18)19/h1-5H,6H2,(H,14,17)/b12-4-. The third-order valence-corrected chi connectivity index (χ3v) is 2.92. The Morgan fingerprint density at radius 3 is 3.05 bits per heavy atom. The van der Waals surface area contributed by atoms with Crippen LogP contribution >= 0.6 is 11.3 Å². The second-order valence-electron chi connectivity index (χ2n) is 3.59. The number of halogens is 1. The van der Waals surface area contributed by atoms with Gasteiger partial charge in [0.25, 0.3) is 5.91 Å². The maximum Gasteiger partial charge on any atom is 0.307 e. The molecule has 0 aliphatic rings. The molecule has 2 aromatic rings. The lowest BCUT2D eigenvalue weighted by atomic mass is 10.5. The van der Waals surface area contributed by atoms with Gasteiger partial charge in [0.15, 0.2) is 5.13 Å². The SMILES string of the molecule is O=C(Cn1cc([N+](=O)[O-])cn1)N/N=C\c1ccc(F)s1. The normalized spacial score (nSPS) is 10.8. The summed E-state index contributed by atoms with van der Waals surface area (Å²) >= 11 is 0.890. The summed E-state index contributed by atoms with van der Waals surface area (Å²) in [5, 5.41) is 17.4. The summed E-state index contributed by atoms with van der Waals surface area (Å²) in [5.41, 5.74) is 2.01. The van der Waals surface area contributed by atoms with E-state index >= 15 is 0 Å². The van der Waals surface area contributed by atoms with Crippen molar-refractivity contribution in [3.8, 4) is 0 Å². The van der Waals surface area contributed by atoms with Gasteiger partial charge in [-0.1, -0.05) is 0 Å². The highest BCUT2D eigenvalue weighted by atomic mass is 32.1. The first-order valence-electron chi connectivity index (χ1n) is 5.28. The van der Waals surface area contributed by atoms with E-state index in [9.17, 15) is 19.3 Å². The van der Waals surface area contributed by atoms with Gasteiger partial charge in [-0.2, -0.15) is 14.6 Å². The van der Waals surface area contributed by atoms with Crippen molar-refractivity contribution in [3.63, 3.8) is 0 Å². The number of hydrogen-bond acceptors (Lipinski definition) is 6. The van der Waals surface area contributed by atoms with Gasteiger partial charge >= 0.3 is 5.69 Å². The molecule has 20 heavy (non-hydrogen) atoms. The van der Waals surface area contributed by atoms with Crippen molar-refractivity contribution >= 4 is 29.1 Å². The molecule has 2 aromatic heterocycles. The number of hydrogen-bond donors (Lipinski definition) is 1. The molecule has 104 valence electrons. The predicted molar refractivity (Wildman–Crippen MR) is 68.9 cm³/mol. The highest BCUT2D eigenvalue weighted by Gasteiger charge is 2.10. The van der Waals surface area contributed by atoms with Gasteiger partial charge in [-0.05, 0) is 12.1 Å². The lowest BCUT2D eigenvalue weighted by molar-refractivity contribution is -0.385. The van der Waals surface area contributed by atoms with Crippen molar-refractivity contribution in [1.82, 2.24) is 15.2 Å². The third kappa shape index (κ3) is 3.68. The first-order valence-corrected chi connectivity index (χ1v) is 6.10. The fourth-order valence-electron chi connectivity index (χ4n) is 1.28. The zero-order valence-corrected chi connectivity index (χ0v) is 10.7. The molecule has 0 saturated carbocycles. The Kier molecular flexibility index (Phi) is 4.15. The minimum atomic E-state index is -0.606. The quantitative estimate of drug-likeness (QED) is 0.508. The average molecular weight is 297 g/mol. The van der Waals surface area contributed by atoms with Gasteiger partial charge in [-0.3, -0.25) is 19.6 Å². The molecule has 2 heterocycles. The highest BCUT2D eigenvalue weighted by molar-refractivity contribution is 7.12. The second kappa shape index (κ2) is 6.02. The van der Waals surface area contributed by atoms with Gasteiger partial charge in [0.2, 0.25) is 0 Å². The van der Waals surface area contributed by atoms with Gasteiger partial charge in [0.1, 0.15) is 18.9 Å². The maximum absolute atomic E-state index is 12.7. The maximum atomic E-state index is 12.7. The zero-order chi connectivity index (χ0) is 14.5. The summed E-state index contributed by atoms with van der Waals surface area (Å²) in [5.74, 6) is -0.503. The molecule has 0 spiro atoms. The number of nitro groups is 1. The van der Waals surface area contributed by atoms with E-state index in [0.29, 0.717) is 4.88 Å². The number of amides is 1. The Hall–Kier alpha value is -2.62. The van der Waals surface area contributed by atoms with Crippen molar-refractivity contribution in [2.24, 2.45) is 5.10 Å². The van der Waals surface area contributed by atoms with Crippen LogP contribution in [0, 0.1) is 15.2 Å². The topological polar surface area (TPSA) is 102 Å². The Balaban J connectivity index is 1.85. The minimum absolute atomic E-state index is 0.199. The van der Waals surface area contributed by atoms with Crippen molar-refractivity contribution < 1.29 is 14.1 Å². The molecule has 1 N–H and O–H groups in total. The van der Waals surface area contributed by atoms with E-state index < -0.39 is 10.8 Å². The Bertz CT molecular complexity index is 665. The molecule has 0 bridgehead atoms. The number of rotatable bonds is 5. The van der Waals surface area contributed by atoms with Crippen molar-refractivity contribution in [3.05, 3.63) is 44.6 Å². The van der Waals surface area contributed by atoms with E-state index in [1.807, 2.05) is 0 Å². The number of aromatic nitrogens is 2. The minimum Gasteiger partial charge on any atom is -0.271 e. The van der Waals surface area contributed by atoms with E-state index in [2.05, 4.69) is 15.6 Å². The molecular weight excluding hydrogens is 289 g/mol. The van der Waals surface area contributed by atoms with Crippen LogP contribution in [0.25, 0.3) is 0 Å². The van der Waals surface area contributed by atoms with Crippen LogP contribution in [0.1, 0.15) is 4.88 Å². The Morgan fingerprint density at radius 2 is 2.45 bits per heavy atom. The molecule has 10 heteroatoms. The molecule has 2 rings (SSSR count). The van der Waals surface area contributed by atoms with Crippen molar-refractivity contribution in [1.29, 1.82) is 0 Å². The lowest BCUT2D eigenvalue weighted by Gasteiger charge is -1.98. The number of hydrazone groups is 1. The molecule has 0 fully saturated rings. The summed E-state index contributed by atoms with van der Waals surface area (Å²) in [6.07, 6.45) is 3.49. The van der Waals surface area contributed by atoms with E-state index in [1.54, 1.807) is 0 Å². The van der Waals surface area contributed by atoms with E-state index in [-0.39, 0.29) is 17.4 Å². The largest absolute Gasteiger partial charge is 0.307 e. The summed E-state index contributed by atoms with van der Waals surface area (Å²) in [4.78, 5) is 21.8. The molecule has 0 saturated heterocycles. The smallest absolute Gasteiger partial charge is 0.271 e. The number of nitrogens with one attached hydrogen (secondary N) is 1. The van der Waals surface area contributed by atoms with Gasteiger partial charge in [0.05, 0.1) is 16.0 Å². The van der Waals surface area contributed by atoms with Crippen LogP contribution in [0.2, 0.25) is 0 Å². The van der Waals surface area contributed by atoms with Crippen LogP contribution in [0.15, 0.2) is 29.6 Å². The summed E-state index contributed by atoms with van der Waals surface area (Å²) in [6.45, 7) is -0.204. The molecule has 0 aromatic carbocycles. The molecule has 0 unspecified atom stereocenters. The number of carbonyl (C=O) groups excluding carboxylic acids is 1. The van der Waals surface area contributed by atoms with Crippen LogP contribution in [0.4, 0.5) is 10.1 Å². The van der Waals surface area contributed by atoms with Crippen LogP contribution in [-0.2, 0) is 11.3 Å². The van der Waals surface area contributed by atoms with Crippen LogP contribution in [0.5, 0.6) is 0 Å². The number of nitrogens with zero attached hydrogens (tertiary/aromatic N) is 4. The molecule has 0 atom stereocenters. The van der Waals surface area contributed by atoms with Crippen LogP contribution in [0.3, 0.4) is 0 Å². The van der Waals surface area contributed by atoms with Crippen LogP contribution < -0.4 is 5.43 Å². The Labute approximate surface area is 115 Å². The lowest BCUT2D eigenvalue weighted by Crippen LogP contribution is -2.23. The van der Waals surface area contributed by atoms with Gasteiger partial charge in [-0.15, -0.1) is 11.3 Å². The molecular formula is C10H8FN5O3S. The summed E-state index contributed by atoms with van der Waals surface area (Å²) < 4.78 is 13.8. The second-order valence-corrected chi connectivity index (χ2v) is 4.65. The van der Waals surface area contributed by atoms with E-state index in [4.69, 9.17) is 0 Å². The molecule has 1 amide bonds. The van der Waals surface area contributed by atoms with Crippen molar-refractivity contribution in [2.45, 2.75) is 6.54 Å². The Morgan fingerprint density at radius 1 is 1.65 bits per heavy atom. The third-order valence-electron chi connectivity index (χ3n) is 2.11. The molecule has 0 aliphatic heterocycles. The first-order chi connectivity index (χ1) is 9.54. The molecule has 8 nitrogen and oxygen atoms in total. The summed E-state index contributed by atoms with van der Waals surface area (Å²) in [7, 11) is 0. The zero-order valence-electron chi connectivity index (χ0n) is 9.89. The van der Waals surface area contributed by atoms with E-state index in [1.165, 1.54) is 18.3 Å². The molecule has 0 radical (unpaired) electrons.